The summed E-state index contributed by atoms with van der Waals surface area (Å²) in [5, 5.41) is 2.50. The van der Waals surface area contributed by atoms with Crippen molar-refractivity contribution in [2.45, 2.75) is 6.92 Å². The quantitative estimate of drug-likeness (QED) is 0.909. The van der Waals surface area contributed by atoms with Crippen LogP contribution in [0, 0.1) is 6.92 Å². The SMILES string of the molecule is Cc1c(C(=O)Nc2ncco2)cc(C(=O)N(C)C)cc1C(=O)N(C)C. The van der Waals surface area contributed by atoms with Crippen LogP contribution in [0.15, 0.2) is 29.0 Å². The number of rotatable bonds is 4. The zero-order valence-corrected chi connectivity index (χ0v) is 14.8. The summed E-state index contributed by atoms with van der Waals surface area (Å²) in [5.41, 5.74) is 1.21. The van der Waals surface area contributed by atoms with Gasteiger partial charge in [0.05, 0.1) is 6.20 Å². The van der Waals surface area contributed by atoms with Gasteiger partial charge in [-0.25, -0.2) is 4.98 Å². The minimum Gasteiger partial charge on any atom is -0.432 e. The lowest BCUT2D eigenvalue weighted by molar-refractivity contribution is 0.0825. The van der Waals surface area contributed by atoms with E-state index in [1.165, 1.54) is 34.4 Å². The average molecular weight is 344 g/mol. The molecule has 2 aromatic rings. The number of aromatic nitrogens is 1. The molecule has 1 aromatic heterocycles. The minimum atomic E-state index is -0.513. The Morgan fingerprint density at radius 2 is 1.60 bits per heavy atom. The molecule has 1 heterocycles. The number of oxazole rings is 1. The van der Waals surface area contributed by atoms with Crippen molar-refractivity contribution in [1.82, 2.24) is 14.8 Å². The molecule has 0 radical (unpaired) electrons. The number of hydrogen-bond acceptors (Lipinski definition) is 5. The van der Waals surface area contributed by atoms with Crippen molar-refractivity contribution in [2.75, 3.05) is 33.5 Å². The van der Waals surface area contributed by atoms with E-state index in [2.05, 4.69) is 10.3 Å². The predicted molar refractivity (Wildman–Crippen MR) is 91.7 cm³/mol. The van der Waals surface area contributed by atoms with E-state index < -0.39 is 5.91 Å². The molecule has 0 atom stereocenters. The Morgan fingerprint density at radius 1 is 1.00 bits per heavy atom. The van der Waals surface area contributed by atoms with Gasteiger partial charge in [-0.2, -0.15) is 0 Å². The first-order chi connectivity index (χ1) is 11.7. The second kappa shape index (κ2) is 7.16. The Hall–Kier alpha value is -3.16. The van der Waals surface area contributed by atoms with Crippen LogP contribution in [0.25, 0.3) is 0 Å². The Kier molecular flexibility index (Phi) is 5.21. The Morgan fingerprint density at radius 3 is 2.12 bits per heavy atom. The molecule has 1 aromatic carbocycles. The van der Waals surface area contributed by atoms with Crippen LogP contribution in [0.3, 0.4) is 0 Å². The highest BCUT2D eigenvalue weighted by Gasteiger charge is 2.22. The van der Waals surface area contributed by atoms with Crippen LogP contribution in [0.1, 0.15) is 36.6 Å². The van der Waals surface area contributed by atoms with Gasteiger partial charge >= 0.3 is 6.01 Å². The van der Waals surface area contributed by atoms with Gasteiger partial charge in [-0.15, -0.1) is 0 Å². The second-order valence-electron chi connectivity index (χ2n) is 5.89. The maximum atomic E-state index is 12.6. The van der Waals surface area contributed by atoms with Crippen LogP contribution in [-0.4, -0.2) is 60.7 Å². The zero-order chi connectivity index (χ0) is 18.7. The van der Waals surface area contributed by atoms with E-state index in [1.807, 2.05) is 0 Å². The maximum Gasteiger partial charge on any atom is 0.301 e. The Bertz CT molecular complexity index is 810. The summed E-state index contributed by atoms with van der Waals surface area (Å²) >= 11 is 0. The van der Waals surface area contributed by atoms with Crippen molar-refractivity contribution < 1.29 is 18.8 Å². The molecule has 2 rings (SSSR count). The van der Waals surface area contributed by atoms with Gasteiger partial charge in [0, 0.05) is 44.9 Å². The van der Waals surface area contributed by atoms with Gasteiger partial charge in [0.15, 0.2) is 0 Å². The second-order valence-corrected chi connectivity index (χ2v) is 5.89. The van der Waals surface area contributed by atoms with Crippen LogP contribution in [0.5, 0.6) is 0 Å². The molecule has 0 aliphatic heterocycles. The number of anilines is 1. The van der Waals surface area contributed by atoms with Crippen molar-refractivity contribution in [3.8, 4) is 0 Å². The third-order valence-corrected chi connectivity index (χ3v) is 3.59. The first kappa shape index (κ1) is 18.2. The number of carbonyl (C=O) groups excluding carboxylic acids is 3. The summed E-state index contributed by atoms with van der Waals surface area (Å²) in [5.74, 6) is -1.12. The third-order valence-electron chi connectivity index (χ3n) is 3.59. The largest absolute Gasteiger partial charge is 0.432 e. The summed E-state index contributed by atoms with van der Waals surface area (Å²) in [7, 11) is 6.41. The van der Waals surface area contributed by atoms with E-state index >= 15 is 0 Å². The number of hydrogen-bond donors (Lipinski definition) is 1. The lowest BCUT2D eigenvalue weighted by Gasteiger charge is -2.18. The molecule has 3 amide bonds. The van der Waals surface area contributed by atoms with E-state index in [9.17, 15) is 14.4 Å². The molecule has 0 saturated carbocycles. The monoisotopic (exact) mass is 344 g/mol. The molecule has 0 aliphatic rings. The first-order valence-corrected chi connectivity index (χ1v) is 7.51. The van der Waals surface area contributed by atoms with Crippen LogP contribution in [-0.2, 0) is 0 Å². The lowest BCUT2D eigenvalue weighted by Crippen LogP contribution is -2.27. The third kappa shape index (κ3) is 3.85. The summed E-state index contributed by atoms with van der Waals surface area (Å²) in [4.78, 5) is 43.9. The summed E-state index contributed by atoms with van der Waals surface area (Å²) in [6, 6.07) is 3.00. The van der Waals surface area contributed by atoms with E-state index in [1.54, 1.807) is 35.1 Å². The first-order valence-electron chi connectivity index (χ1n) is 7.51. The zero-order valence-electron chi connectivity index (χ0n) is 14.8. The molecular weight excluding hydrogens is 324 g/mol. The highest BCUT2D eigenvalue weighted by atomic mass is 16.4. The van der Waals surface area contributed by atoms with Gasteiger partial charge in [0.25, 0.3) is 17.7 Å². The van der Waals surface area contributed by atoms with Crippen molar-refractivity contribution >= 4 is 23.7 Å². The molecule has 0 bridgehead atoms. The van der Waals surface area contributed by atoms with E-state index in [-0.39, 0.29) is 34.5 Å². The molecule has 132 valence electrons. The van der Waals surface area contributed by atoms with Gasteiger partial charge in [0.2, 0.25) is 0 Å². The summed E-state index contributed by atoms with van der Waals surface area (Å²) < 4.78 is 5.00. The predicted octanol–water partition coefficient (Wildman–Crippen LogP) is 1.64. The summed E-state index contributed by atoms with van der Waals surface area (Å²) in [6.07, 6.45) is 2.73. The average Bonchev–Trinajstić information content (AvgIpc) is 3.06. The van der Waals surface area contributed by atoms with E-state index in [4.69, 9.17) is 4.42 Å². The van der Waals surface area contributed by atoms with Crippen LogP contribution in [0.4, 0.5) is 6.01 Å². The topological polar surface area (TPSA) is 95.7 Å². The van der Waals surface area contributed by atoms with Crippen molar-refractivity contribution in [2.24, 2.45) is 0 Å². The number of amides is 3. The smallest absolute Gasteiger partial charge is 0.301 e. The molecule has 25 heavy (non-hydrogen) atoms. The van der Waals surface area contributed by atoms with Crippen molar-refractivity contribution in [1.29, 1.82) is 0 Å². The highest BCUT2D eigenvalue weighted by Crippen LogP contribution is 2.21. The Labute approximate surface area is 145 Å². The normalized spacial score (nSPS) is 10.3. The lowest BCUT2D eigenvalue weighted by atomic mass is 9.96. The molecule has 1 N–H and O–H groups in total. The molecule has 8 heteroatoms. The van der Waals surface area contributed by atoms with Crippen molar-refractivity contribution in [3.05, 3.63) is 46.8 Å². The molecular formula is C17H20N4O4. The van der Waals surface area contributed by atoms with Crippen LogP contribution < -0.4 is 5.32 Å². The van der Waals surface area contributed by atoms with Gasteiger partial charge < -0.3 is 14.2 Å². The fourth-order valence-electron chi connectivity index (χ4n) is 2.24. The fraction of sp³-hybridized carbons (Fsp3) is 0.294. The fourth-order valence-corrected chi connectivity index (χ4v) is 2.24. The number of nitrogens with zero attached hydrogens (tertiary/aromatic N) is 3. The summed E-state index contributed by atoms with van der Waals surface area (Å²) in [6.45, 7) is 1.66. The molecule has 0 aliphatic carbocycles. The van der Waals surface area contributed by atoms with Crippen LogP contribution >= 0.6 is 0 Å². The van der Waals surface area contributed by atoms with Gasteiger partial charge in [-0.1, -0.05) is 0 Å². The van der Waals surface area contributed by atoms with E-state index in [0.717, 1.165) is 0 Å². The molecule has 0 unspecified atom stereocenters. The molecule has 0 spiro atoms. The van der Waals surface area contributed by atoms with Gasteiger partial charge in [0.1, 0.15) is 6.26 Å². The number of carbonyl (C=O) groups is 3. The van der Waals surface area contributed by atoms with Gasteiger partial charge in [-0.05, 0) is 24.6 Å². The highest BCUT2D eigenvalue weighted by molar-refractivity contribution is 6.09. The number of nitrogens with one attached hydrogen (secondary N) is 1. The Balaban J connectivity index is 2.55. The van der Waals surface area contributed by atoms with Crippen molar-refractivity contribution in [3.63, 3.8) is 0 Å². The standard InChI is InChI=1S/C17H20N4O4/c1-10-12(14(22)19-17-18-6-7-25-17)8-11(15(23)20(2)3)9-13(10)16(24)21(4)5/h6-9H,1-5H3,(H,18,19,22). The maximum absolute atomic E-state index is 12.6. The molecule has 8 nitrogen and oxygen atoms in total. The minimum absolute atomic E-state index is 0.0363. The number of benzene rings is 1. The molecule has 0 fully saturated rings. The molecule has 0 saturated heterocycles. The van der Waals surface area contributed by atoms with E-state index in [0.29, 0.717) is 5.56 Å². The van der Waals surface area contributed by atoms with Crippen LogP contribution in [0.2, 0.25) is 0 Å². The van der Waals surface area contributed by atoms with Gasteiger partial charge in [-0.3, -0.25) is 19.7 Å².